The Bertz CT molecular complexity index is 555. The van der Waals surface area contributed by atoms with Gasteiger partial charge in [-0.25, -0.2) is 9.78 Å². The van der Waals surface area contributed by atoms with Crippen LogP contribution in [0.15, 0.2) is 0 Å². The summed E-state index contributed by atoms with van der Waals surface area (Å²) < 4.78 is 5.47. The number of aromatic nitrogens is 2. The van der Waals surface area contributed by atoms with Crippen LogP contribution in [0.1, 0.15) is 77.5 Å². The van der Waals surface area contributed by atoms with Crippen LogP contribution in [0, 0.1) is 0 Å². The van der Waals surface area contributed by atoms with E-state index in [1.165, 1.54) is 17.8 Å². The first-order valence-electron chi connectivity index (χ1n) is 8.12. The van der Waals surface area contributed by atoms with Crippen molar-refractivity contribution in [3.8, 4) is 0 Å². The molecule has 124 valence electrons. The molecule has 0 saturated carbocycles. The lowest BCUT2D eigenvalue weighted by Gasteiger charge is -2.35. The molecule has 1 amide bonds. The van der Waals surface area contributed by atoms with E-state index < -0.39 is 11.1 Å². The molecule has 1 atom stereocenters. The average molecular weight is 307 g/mol. The predicted molar refractivity (Wildman–Crippen MR) is 87.0 cm³/mol. The zero-order chi connectivity index (χ0) is 16.7. The number of nitrogens with zero attached hydrogens (tertiary/aromatic N) is 2. The summed E-state index contributed by atoms with van der Waals surface area (Å²) in [6.07, 6.45) is 3.00. The van der Waals surface area contributed by atoms with Crippen LogP contribution in [0.3, 0.4) is 0 Å². The van der Waals surface area contributed by atoms with Crippen molar-refractivity contribution in [3.63, 3.8) is 0 Å². The van der Waals surface area contributed by atoms with Crippen LogP contribution in [0.2, 0.25) is 0 Å². The number of hydrogen-bond donors (Lipinski definition) is 1. The highest BCUT2D eigenvalue weighted by molar-refractivity contribution is 5.69. The van der Waals surface area contributed by atoms with Crippen molar-refractivity contribution < 1.29 is 9.53 Å². The van der Waals surface area contributed by atoms with Crippen molar-refractivity contribution in [1.29, 1.82) is 0 Å². The SMILES string of the molecule is CCC1CCc2[nH]c(C(C)(C)N(C)C(=O)OC(C)(C)C)nc21. The van der Waals surface area contributed by atoms with Gasteiger partial charge in [-0.1, -0.05) is 6.92 Å². The summed E-state index contributed by atoms with van der Waals surface area (Å²) in [6, 6.07) is 0. The fourth-order valence-electron chi connectivity index (χ4n) is 2.81. The minimum Gasteiger partial charge on any atom is -0.444 e. The van der Waals surface area contributed by atoms with E-state index in [0.717, 1.165) is 18.7 Å². The molecular formula is C17H29N3O2. The van der Waals surface area contributed by atoms with Gasteiger partial charge in [0, 0.05) is 18.7 Å². The molecule has 2 rings (SSSR count). The summed E-state index contributed by atoms with van der Waals surface area (Å²) in [5.74, 6) is 1.38. The number of aromatic amines is 1. The first-order valence-corrected chi connectivity index (χ1v) is 8.12. The molecule has 1 unspecified atom stereocenters. The maximum absolute atomic E-state index is 12.3. The van der Waals surface area contributed by atoms with Crippen molar-refractivity contribution in [2.75, 3.05) is 7.05 Å². The molecule has 0 spiro atoms. The third-order valence-corrected chi connectivity index (χ3v) is 4.52. The van der Waals surface area contributed by atoms with E-state index in [2.05, 4.69) is 11.9 Å². The number of nitrogens with one attached hydrogen (secondary N) is 1. The van der Waals surface area contributed by atoms with Gasteiger partial charge in [-0.3, -0.25) is 4.90 Å². The van der Waals surface area contributed by atoms with Gasteiger partial charge in [0.2, 0.25) is 0 Å². The van der Waals surface area contributed by atoms with Crippen LogP contribution in [0.4, 0.5) is 4.79 Å². The van der Waals surface area contributed by atoms with E-state index in [4.69, 9.17) is 9.72 Å². The Morgan fingerprint density at radius 2 is 2.00 bits per heavy atom. The van der Waals surface area contributed by atoms with Gasteiger partial charge in [-0.15, -0.1) is 0 Å². The fraction of sp³-hybridized carbons (Fsp3) is 0.765. The molecule has 0 fully saturated rings. The van der Waals surface area contributed by atoms with Gasteiger partial charge in [0.1, 0.15) is 11.4 Å². The fourth-order valence-corrected chi connectivity index (χ4v) is 2.81. The summed E-state index contributed by atoms with van der Waals surface area (Å²) in [5.41, 5.74) is 1.38. The van der Waals surface area contributed by atoms with Gasteiger partial charge in [0.25, 0.3) is 0 Å². The average Bonchev–Trinajstić information content (AvgIpc) is 2.95. The van der Waals surface area contributed by atoms with Crippen LogP contribution in [0.5, 0.6) is 0 Å². The summed E-state index contributed by atoms with van der Waals surface area (Å²) in [5, 5.41) is 0. The third-order valence-electron chi connectivity index (χ3n) is 4.52. The maximum atomic E-state index is 12.3. The van der Waals surface area contributed by atoms with Crippen LogP contribution < -0.4 is 0 Å². The number of fused-ring (bicyclic) bond motifs is 1. The molecule has 22 heavy (non-hydrogen) atoms. The molecule has 1 N–H and O–H groups in total. The first kappa shape index (κ1) is 16.8. The third kappa shape index (κ3) is 3.13. The maximum Gasteiger partial charge on any atom is 0.410 e. The van der Waals surface area contributed by atoms with Crippen LogP contribution in [-0.2, 0) is 16.7 Å². The van der Waals surface area contributed by atoms with Gasteiger partial charge in [-0.2, -0.15) is 0 Å². The van der Waals surface area contributed by atoms with E-state index in [1.807, 2.05) is 34.6 Å². The molecule has 1 heterocycles. The Morgan fingerprint density at radius 3 is 2.55 bits per heavy atom. The number of carbonyl (C=O) groups is 1. The van der Waals surface area contributed by atoms with Crippen molar-refractivity contribution in [3.05, 3.63) is 17.2 Å². The number of imidazole rings is 1. The first-order chi connectivity index (χ1) is 10.1. The van der Waals surface area contributed by atoms with Crippen molar-refractivity contribution in [2.45, 2.75) is 77.9 Å². The lowest BCUT2D eigenvalue weighted by atomic mass is 10.0. The second-order valence-electron chi connectivity index (χ2n) is 7.69. The molecule has 0 bridgehead atoms. The van der Waals surface area contributed by atoms with Crippen LogP contribution in [-0.4, -0.2) is 33.6 Å². The molecule has 1 aromatic rings. The molecule has 0 aromatic carbocycles. The van der Waals surface area contributed by atoms with E-state index in [-0.39, 0.29) is 6.09 Å². The second kappa shape index (κ2) is 5.60. The summed E-state index contributed by atoms with van der Waals surface area (Å²) in [6.45, 7) is 11.8. The molecule has 5 heteroatoms. The molecule has 1 aliphatic rings. The minimum atomic E-state index is -0.537. The van der Waals surface area contributed by atoms with Crippen LogP contribution in [0.25, 0.3) is 0 Å². The lowest BCUT2D eigenvalue weighted by Crippen LogP contribution is -2.46. The largest absolute Gasteiger partial charge is 0.444 e. The molecule has 0 saturated heterocycles. The zero-order valence-corrected chi connectivity index (χ0v) is 14.9. The van der Waals surface area contributed by atoms with Crippen LogP contribution >= 0.6 is 0 Å². The van der Waals surface area contributed by atoms with E-state index in [0.29, 0.717) is 5.92 Å². The number of amides is 1. The Balaban J connectivity index is 2.22. The molecule has 0 radical (unpaired) electrons. The summed E-state index contributed by atoms with van der Waals surface area (Å²) in [4.78, 5) is 22.2. The van der Waals surface area contributed by atoms with E-state index >= 15 is 0 Å². The molecule has 1 aliphatic carbocycles. The monoisotopic (exact) mass is 307 g/mol. The molecule has 5 nitrogen and oxygen atoms in total. The molecule has 0 aliphatic heterocycles. The minimum absolute atomic E-state index is 0.332. The van der Waals surface area contributed by atoms with Gasteiger partial charge < -0.3 is 9.72 Å². The number of rotatable bonds is 3. The quantitative estimate of drug-likeness (QED) is 0.919. The number of hydrogen-bond acceptors (Lipinski definition) is 3. The highest BCUT2D eigenvalue weighted by atomic mass is 16.6. The Kier molecular flexibility index (Phi) is 4.28. The number of aryl methyl sites for hydroxylation is 1. The number of ether oxygens (including phenoxy) is 1. The summed E-state index contributed by atoms with van der Waals surface area (Å²) >= 11 is 0. The smallest absolute Gasteiger partial charge is 0.410 e. The standard InChI is InChI=1S/C17H29N3O2/c1-8-11-9-10-12-13(11)19-14(18-12)17(5,6)20(7)15(21)22-16(2,3)4/h11H,8-10H2,1-7H3,(H,18,19). The van der Waals surface area contributed by atoms with Crippen molar-refractivity contribution in [2.24, 2.45) is 0 Å². The Labute approximate surface area is 133 Å². The van der Waals surface area contributed by atoms with Crippen molar-refractivity contribution in [1.82, 2.24) is 14.9 Å². The normalized spacial score (nSPS) is 18.2. The van der Waals surface area contributed by atoms with E-state index in [9.17, 15) is 4.79 Å². The summed E-state index contributed by atoms with van der Waals surface area (Å²) in [7, 11) is 1.76. The highest BCUT2D eigenvalue weighted by Crippen LogP contribution is 2.36. The number of carbonyl (C=O) groups excluding carboxylic acids is 1. The predicted octanol–water partition coefficient (Wildman–Crippen LogP) is 3.95. The molecule has 1 aromatic heterocycles. The van der Waals surface area contributed by atoms with Crippen molar-refractivity contribution >= 4 is 6.09 Å². The number of H-pyrrole nitrogens is 1. The van der Waals surface area contributed by atoms with Gasteiger partial charge in [0.15, 0.2) is 0 Å². The van der Waals surface area contributed by atoms with E-state index in [1.54, 1.807) is 11.9 Å². The lowest BCUT2D eigenvalue weighted by molar-refractivity contribution is 0.00901. The Morgan fingerprint density at radius 1 is 1.36 bits per heavy atom. The Hall–Kier alpha value is -1.52. The van der Waals surface area contributed by atoms with Gasteiger partial charge in [-0.05, 0) is 53.9 Å². The topological polar surface area (TPSA) is 58.2 Å². The second-order valence-corrected chi connectivity index (χ2v) is 7.69. The van der Waals surface area contributed by atoms with Gasteiger partial charge >= 0.3 is 6.09 Å². The van der Waals surface area contributed by atoms with Gasteiger partial charge in [0.05, 0.1) is 11.2 Å². The zero-order valence-electron chi connectivity index (χ0n) is 14.9. The highest BCUT2D eigenvalue weighted by Gasteiger charge is 2.37. The molecular weight excluding hydrogens is 278 g/mol.